The van der Waals surface area contributed by atoms with Gasteiger partial charge in [0.1, 0.15) is 12.6 Å². The maximum atomic E-state index is 12.6. The summed E-state index contributed by atoms with van der Waals surface area (Å²) in [5.74, 6) is -1.14. The topological polar surface area (TPSA) is 105 Å². The summed E-state index contributed by atoms with van der Waals surface area (Å²) in [6, 6.07) is 15.6. The lowest BCUT2D eigenvalue weighted by molar-refractivity contribution is -0.137. The molecule has 1 saturated carbocycles. The Morgan fingerprint density at radius 1 is 1.00 bits per heavy atom. The number of nitrogens with one attached hydrogen (secondary N) is 2. The minimum atomic E-state index is -0.897. The first-order valence-electron chi connectivity index (χ1n) is 11.2. The van der Waals surface area contributed by atoms with E-state index in [1.807, 2.05) is 24.3 Å². The number of ether oxygens (including phenoxy) is 1. The van der Waals surface area contributed by atoms with Gasteiger partial charge in [0, 0.05) is 18.9 Å². The highest BCUT2D eigenvalue weighted by atomic mass is 16.5. The summed E-state index contributed by atoms with van der Waals surface area (Å²) in [6.45, 7) is 0.457. The van der Waals surface area contributed by atoms with Gasteiger partial charge in [-0.25, -0.2) is 4.79 Å². The van der Waals surface area contributed by atoms with Gasteiger partial charge in [-0.1, -0.05) is 55.0 Å². The Morgan fingerprint density at radius 3 is 2.19 bits per heavy atom. The molecule has 2 aromatic carbocycles. The normalized spacial score (nSPS) is 15.8. The molecule has 0 spiro atoms. The molecule has 1 unspecified atom stereocenters. The van der Waals surface area contributed by atoms with Gasteiger partial charge >= 0.3 is 12.1 Å². The second-order valence-corrected chi connectivity index (χ2v) is 8.43. The SMILES string of the molecule is O=C(O)CCCNC(=O)C(NC(=O)OCC1c2ccccc2-c2ccccc21)C1CCC1. The van der Waals surface area contributed by atoms with Gasteiger partial charge in [0.05, 0.1) is 0 Å². The molecule has 2 aliphatic rings. The largest absolute Gasteiger partial charge is 0.481 e. The van der Waals surface area contributed by atoms with E-state index in [9.17, 15) is 14.4 Å². The molecule has 2 aliphatic carbocycles. The van der Waals surface area contributed by atoms with E-state index in [1.165, 1.54) is 0 Å². The number of benzene rings is 2. The van der Waals surface area contributed by atoms with Crippen molar-refractivity contribution in [1.82, 2.24) is 10.6 Å². The van der Waals surface area contributed by atoms with Crippen LogP contribution in [-0.4, -0.2) is 42.3 Å². The van der Waals surface area contributed by atoms with Crippen molar-refractivity contribution in [3.63, 3.8) is 0 Å². The molecule has 2 amide bonds. The van der Waals surface area contributed by atoms with Crippen LogP contribution in [0.15, 0.2) is 48.5 Å². The van der Waals surface area contributed by atoms with Gasteiger partial charge < -0.3 is 20.5 Å². The Labute approximate surface area is 187 Å². The summed E-state index contributed by atoms with van der Waals surface area (Å²) in [7, 11) is 0. The van der Waals surface area contributed by atoms with Gasteiger partial charge in [-0.2, -0.15) is 0 Å². The van der Waals surface area contributed by atoms with E-state index < -0.39 is 18.1 Å². The first-order valence-corrected chi connectivity index (χ1v) is 11.2. The van der Waals surface area contributed by atoms with Crippen LogP contribution in [0.2, 0.25) is 0 Å². The van der Waals surface area contributed by atoms with Crippen LogP contribution in [0.4, 0.5) is 4.79 Å². The second-order valence-electron chi connectivity index (χ2n) is 8.43. The summed E-state index contributed by atoms with van der Waals surface area (Å²) in [5, 5.41) is 14.2. The van der Waals surface area contributed by atoms with Crippen molar-refractivity contribution in [2.24, 2.45) is 5.92 Å². The highest BCUT2D eigenvalue weighted by Gasteiger charge is 2.35. The van der Waals surface area contributed by atoms with E-state index in [0.717, 1.165) is 41.5 Å². The third kappa shape index (κ3) is 4.77. The van der Waals surface area contributed by atoms with E-state index in [2.05, 4.69) is 34.9 Å². The van der Waals surface area contributed by atoms with Crippen LogP contribution in [0.1, 0.15) is 49.1 Å². The fraction of sp³-hybridized carbons (Fsp3) is 0.400. The molecule has 1 fully saturated rings. The van der Waals surface area contributed by atoms with Crippen molar-refractivity contribution in [2.75, 3.05) is 13.2 Å². The maximum absolute atomic E-state index is 12.6. The van der Waals surface area contributed by atoms with E-state index in [0.29, 0.717) is 6.42 Å². The number of carbonyl (C=O) groups is 3. The number of aliphatic carboxylic acids is 1. The predicted octanol–water partition coefficient (Wildman–Crippen LogP) is 3.67. The van der Waals surface area contributed by atoms with E-state index >= 15 is 0 Å². The zero-order chi connectivity index (χ0) is 22.5. The third-order valence-electron chi connectivity index (χ3n) is 6.39. The Balaban J connectivity index is 1.36. The molecule has 0 saturated heterocycles. The predicted molar refractivity (Wildman–Crippen MR) is 119 cm³/mol. The summed E-state index contributed by atoms with van der Waals surface area (Å²) in [5.41, 5.74) is 4.58. The molecule has 168 valence electrons. The summed E-state index contributed by atoms with van der Waals surface area (Å²) in [4.78, 5) is 35.9. The average molecular weight is 437 g/mol. The highest BCUT2D eigenvalue weighted by molar-refractivity contribution is 5.86. The van der Waals surface area contributed by atoms with E-state index in [-0.39, 0.29) is 37.3 Å². The third-order valence-corrected chi connectivity index (χ3v) is 6.39. The molecular weight excluding hydrogens is 408 g/mol. The minimum absolute atomic E-state index is 0.00577. The maximum Gasteiger partial charge on any atom is 0.407 e. The average Bonchev–Trinajstić information content (AvgIpc) is 3.07. The zero-order valence-electron chi connectivity index (χ0n) is 17.9. The molecular formula is C25H28N2O5. The van der Waals surface area contributed by atoms with Crippen molar-refractivity contribution < 1.29 is 24.2 Å². The minimum Gasteiger partial charge on any atom is -0.481 e. The molecule has 3 N–H and O–H groups in total. The number of rotatable bonds is 9. The van der Waals surface area contributed by atoms with Gasteiger partial charge in [-0.3, -0.25) is 9.59 Å². The van der Waals surface area contributed by atoms with E-state index in [1.54, 1.807) is 0 Å². The number of carbonyl (C=O) groups excluding carboxylic acids is 2. The number of hydrogen-bond acceptors (Lipinski definition) is 4. The number of carboxylic acid groups (broad SMARTS) is 1. The standard InChI is InChI=1S/C25H28N2O5/c28-22(29)13-6-14-26-24(30)23(16-7-5-8-16)27-25(31)32-15-21-19-11-3-1-9-17(19)18-10-2-4-12-20(18)21/h1-4,9-12,16,21,23H,5-8,13-15H2,(H,26,30)(H,27,31)(H,28,29). The van der Waals surface area contributed by atoms with Crippen LogP contribution in [0.3, 0.4) is 0 Å². The van der Waals surface area contributed by atoms with Gasteiger partial charge in [0.25, 0.3) is 0 Å². The molecule has 0 heterocycles. The first-order chi connectivity index (χ1) is 15.5. The van der Waals surface area contributed by atoms with Crippen LogP contribution in [-0.2, 0) is 14.3 Å². The number of amides is 2. The zero-order valence-corrected chi connectivity index (χ0v) is 17.9. The molecule has 4 rings (SSSR count). The molecule has 2 aromatic rings. The fourth-order valence-electron chi connectivity index (χ4n) is 4.50. The smallest absolute Gasteiger partial charge is 0.407 e. The molecule has 0 radical (unpaired) electrons. The molecule has 0 bridgehead atoms. The van der Waals surface area contributed by atoms with Crippen LogP contribution in [0.25, 0.3) is 11.1 Å². The van der Waals surface area contributed by atoms with Crippen LogP contribution in [0.5, 0.6) is 0 Å². The molecule has 7 nitrogen and oxygen atoms in total. The number of fused-ring (bicyclic) bond motifs is 3. The Bertz CT molecular complexity index is 956. The van der Waals surface area contributed by atoms with Crippen molar-refractivity contribution in [3.05, 3.63) is 59.7 Å². The molecule has 32 heavy (non-hydrogen) atoms. The molecule has 7 heteroatoms. The summed E-state index contributed by atoms with van der Waals surface area (Å²) < 4.78 is 5.59. The lowest BCUT2D eigenvalue weighted by atomic mass is 9.79. The lowest BCUT2D eigenvalue weighted by Crippen LogP contribution is -2.53. The summed E-state index contributed by atoms with van der Waals surface area (Å²) in [6.07, 6.45) is 2.51. The number of carboxylic acids is 1. The van der Waals surface area contributed by atoms with Crippen molar-refractivity contribution in [3.8, 4) is 11.1 Å². The van der Waals surface area contributed by atoms with Gasteiger partial charge in [0.2, 0.25) is 5.91 Å². The van der Waals surface area contributed by atoms with Gasteiger partial charge in [0.15, 0.2) is 0 Å². The highest BCUT2D eigenvalue weighted by Crippen LogP contribution is 2.44. The van der Waals surface area contributed by atoms with Crippen LogP contribution < -0.4 is 10.6 Å². The van der Waals surface area contributed by atoms with Gasteiger partial charge in [-0.15, -0.1) is 0 Å². The Hall–Kier alpha value is -3.35. The van der Waals surface area contributed by atoms with Crippen molar-refractivity contribution >= 4 is 18.0 Å². The number of alkyl carbamates (subject to hydrolysis) is 1. The van der Waals surface area contributed by atoms with Crippen LogP contribution >= 0.6 is 0 Å². The fourth-order valence-corrected chi connectivity index (χ4v) is 4.50. The summed E-state index contributed by atoms with van der Waals surface area (Å²) >= 11 is 0. The van der Waals surface area contributed by atoms with Crippen molar-refractivity contribution in [1.29, 1.82) is 0 Å². The molecule has 0 aliphatic heterocycles. The molecule has 0 aromatic heterocycles. The monoisotopic (exact) mass is 436 g/mol. The lowest BCUT2D eigenvalue weighted by Gasteiger charge is -2.33. The number of hydrogen-bond donors (Lipinski definition) is 3. The van der Waals surface area contributed by atoms with Crippen LogP contribution in [0, 0.1) is 5.92 Å². The van der Waals surface area contributed by atoms with Gasteiger partial charge in [-0.05, 0) is 47.4 Å². The van der Waals surface area contributed by atoms with Crippen molar-refractivity contribution in [2.45, 2.75) is 44.1 Å². The Morgan fingerprint density at radius 2 is 1.62 bits per heavy atom. The second kappa shape index (κ2) is 9.85. The first kappa shape index (κ1) is 21.9. The quantitative estimate of drug-likeness (QED) is 0.520. The molecule has 1 atom stereocenters. The Kier molecular flexibility index (Phi) is 6.73. The van der Waals surface area contributed by atoms with E-state index in [4.69, 9.17) is 9.84 Å².